The van der Waals surface area contributed by atoms with Gasteiger partial charge in [0.25, 0.3) is 10.0 Å². The van der Waals surface area contributed by atoms with Gasteiger partial charge in [-0.25, -0.2) is 23.1 Å². The van der Waals surface area contributed by atoms with E-state index in [1.807, 2.05) is 0 Å². The number of sulfonamides is 1. The second-order valence-electron chi connectivity index (χ2n) is 5.46. The van der Waals surface area contributed by atoms with Crippen molar-refractivity contribution < 1.29 is 13.2 Å². The molecule has 8 nitrogen and oxygen atoms in total. The maximum atomic E-state index is 12.4. The standard InChI is InChI=1S/C17H12BrN5O3S2/c18-14-6-7-17(27-14)28(24,25)22-12-2-4-13(5-3-12)26-16-10-15(19-11-20-16)23-9-1-8-21-23/h1-11,22H. The van der Waals surface area contributed by atoms with Crippen molar-refractivity contribution in [2.24, 2.45) is 0 Å². The summed E-state index contributed by atoms with van der Waals surface area (Å²) in [4.78, 5) is 8.22. The average molecular weight is 478 g/mol. The van der Waals surface area contributed by atoms with E-state index in [9.17, 15) is 8.42 Å². The van der Waals surface area contributed by atoms with E-state index < -0.39 is 10.0 Å². The largest absolute Gasteiger partial charge is 0.439 e. The molecule has 1 aromatic carbocycles. The second kappa shape index (κ2) is 7.70. The lowest BCUT2D eigenvalue weighted by Gasteiger charge is -2.09. The van der Waals surface area contributed by atoms with Crippen LogP contribution in [0.5, 0.6) is 11.6 Å². The van der Waals surface area contributed by atoms with Gasteiger partial charge in [0.1, 0.15) is 16.3 Å². The molecule has 4 aromatic rings. The molecule has 142 valence electrons. The number of nitrogens with zero attached hydrogens (tertiary/aromatic N) is 4. The quantitative estimate of drug-likeness (QED) is 0.449. The van der Waals surface area contributed by atoms with E-state index in [-0.39, 0.29) is 4.21 Å². The molecule has 0 spiro atoms. The Labute approximate surface area is 173 Å². The molecular formula is C17H12BrN5O3S2. The highest BCUT2D eigenvalue weighted by molar-refractivity contribution is 9.11. The number of nitrogens with one attached hydrogen (secondary N) is 1. The topological polar surface area (TPSA) is 99.0 Å². The van der Waals surface area contributed by atoms with Crippen LogP contribution in [0, 0.1) is 0 Å². The first-order valence-electron chi connectivity index (χ1n) is 7.88. The van der Waals surface area contributed by atoms with E-state index in [1.54, 1.807) is 65.6 Å². The fourth-order valence-electron chi connectivity index (χ4n) is 2.27. The van der Waals surface area contributed by atoms with Crippen molar-refractivity contribution in [3.63, 3.8) is 0 Å². The van der Waals surface area contributed by atoms with Crippen LogP contribution in [0.2, 0.25) is 0 Å². The van der Waals surface area contributed by atoms with Gasteiger partial charge in [0.2, 0.25) is 5.88 Å². The molecule has 11 heteroatoms. The number of thiophene rings is 1. The summed E-state index contributed by atoms with van der Waals surface area (Å²) < 4.78 is 35.5. The maximum absolute atomic E-state index is 12.4. The summed E-state index contributed by atoms with van der Waals surface area (Å²) >= 11 is 4.40. The Morgan fingerprint density at radius 3 is 2.61 bits per heavy atom. The minimum Gasteiger partial charge on any atom is -0.439 e. The molecule has 0 aliphatic rings. The highest BCUT2D eigenvalue weighted by Crippen LogP contribution is 2.28. The number of ether oxygens (including phenoxy) is 1. The summed E-state index contributed by atoms with van der Waals surface area (Å²) in [5, 5.41) is 4.11. The molecule has 0 aliphatic heterocycles. The fourth-order valence-corrected chi connectivity index (χ4v) is 5.34. The third-order valence-electron chi connectivity index (χ3n) is 3.51. The van der Waals surface area contributed by atoms with E-state index in [0.717, 1.165) is 15.1 Å². The lowest BCUT2D eigenvalue weighted by Crippen LogP contribution is -2.11. The van der Waals surface area contributed by atoms with Gasteiger partial charge in [0, 0.05) is 24.1 Å². The third kappa shape index (κ3) is 4.21. The van der Waals surface area contributed by atoms with E-state index in [0.29, 0.717) is 23.1 Å². The summed E-state index contributed by atoms with van der Waals surface area (Å²) in [6.07, 6.45) is 4.80. The first-order chi connectivity index (χ1) is 13.5. The zero-order chi connectivity index (χ0) is 19.6. The minimum atomic E-state index is -3.63. The lowest BCUT2D eigenvalue weighted by atomic mass is 10.3. The van der Waals surface area contributed by atoms with E-state index in [1.165, 1.54) is 6.33 Å². The van der Waals surface area contributed by atoms with Crippen molar-refractivity contribution in [3.05, 3.63) is 71.0 Å². The summed E-state index contributed by atoms with van der Waals surface area (Å²) in [6.45, 7) is 0. The molecule has 0 bridgehead atoms. The SMILES string of the molecule is O=S(=O)(Nc1ccc(Oc2cc(-n3cccn3)ncn2)cc1)c1ccc(Br)s1. The van der Waals surface area contributed by atoms with Gasteiger partial charge in [-0.05, 0) is 58.4 Å². The van der Waals surface area contributed by atoms with Crippen LogP contribution in [-0.4, -0.2) is 28.2 Å². The zero-order valence-electron chi connectivity index (χ0n) is 14.1. The van der Waals surface area contributed by atoms with Gasteiger partial charge in [0.05, 0.1) is 3.79 Å². The van der Waals surface area contributed by atoms with Crippen molar-refractivity contribution in [3.8, 4) is 17.4 Å². The molecular weight excluding hydrogens is 466 g/mol. The Hall–Kier alpha value is -2.76. The van der Waals surface area contributed by atoms with Crippen molar-refractivity contribution in [2.45, 2.75) is 4.21 Å². The Kier molecular flexibility index (Phi) is 5.11. The molecule has 0 unspecified atom stereocenters. The third-order valence-corrected chi connectivity index (χ3v) is 7.01. The first-order valence-corrected chi connectivity index (χ1v) is 11.0. The van der Waals surface area contributed by atoms with E-state index in [4.69, 9.17) is 4.74 Å². The molecule has 0 atom stereocenters. The van der Waals surface area contributed by atoms with E-state index >= 15 is 0 Å². The molecule has 0 fully saturated rings. The molecule has 3 heterocycles. The van der Waals surface area contributed by atoms with Gasteiger partial charge in [-0.2, -0.15) is 5.10 Å². The van der Waals surface area contributed by atoms with Crippen LogP contribution in [0.25, 0.3) is 5.82 Å². The Balaban J connectivity index is 1.47. The summed E-state index contributed by atoms with van der Waals surface area (Å²) in [5.41, 5.74) is 0.428. The number of rotatable bonds is 6. The molecule has 3 aromatic heterocycles. The monoisotopic (exact) mass is 477 g/mol. The van der Waals surface area contributed by atoms with Crippen molar-refractivity contribution in [1.82, 2.24) is 19.7 Å². The molecule has 4 rings (SSSR count). The summed E-state index contributed by atoms with van der Waals surface area (Å²) in [6, 6.07) is 13.2. The van der Waals surface area contributed by atoms with Gasteiger partial charge in [-0.15, -0.1) is 11.3 Å². The Bertz CT molecular complexity index is 1190. The molecule has 0 saturated heterocycles. The van der Waals surface area contributed by atoms with Crippen LogP contribution in [0.4, 0.5) is 5.69 Å². The summed E-state index contributed by atoms with van der Waals surface area (Å²) in [5.74, 6) is 1.42. The highest BCUT2D eigenvalue weighted by Gasteiger charge is 2.16. The number of benzene rings is 1. The second-order valence-corrected chi connectivity index (χ2v) is 9.83. The van der Waals surface area contributed by atoms with Crippen LogP contribution in [-0.2, 0) is 10.0 Å². The average Bonchev–Trinajstić information content (AvgIpc) is 3.35. The highest BCUT2D eigenvalue weighted by atomic mass is 79.9. The summed E-state index contributed by atoms with van der Waals surface area (Å²) in [7, 11) is -3.63. The normalized spacial score (nSPS) is 11.3. The van der Waals surface area contributed by atoms with E-state index in [2.05, 4.69) is 35.7 Å². The van der Waals surface area contributed by atoms with Crippen LogP contribution < -0.4 is 9.46 Å². The van der Waals surface area contributed by atoms with Crippen molar-refractivity contribution in [1.29, 1.82) is 0 Å². The smallest absolute Gasteiger partial charge is 0.271 e. The molecule has 0 saturated carbocycles. The maximum Gasteiger partial charge on any atom is 0.271 e. The van der Waals surface area contributed by atoms with Gasteiger partial charge in [-0.3, -0.25) is 4.72 Å². The van der Waals surface area contributed by atoms with Crippen LogP contribution in [0.1, 0.15) is 0 Å². The minimum absolute atomic E-state index is 0.229. The number of aromatic nitrogens is 4. The fraction of sp³-hybridized carbons (Fsp3) is 0. The number of hydrogen-bond donors (Lipinski definition) is 1. The molecule has 0 amide bonds. The van der Waals surface area contributed by atoms with Gasteiger partial charge in [0.15, 0.2) is 5.82 Å². The number of hydrogen-bond acceptors (Lipinski definition) is 7. The van der Waals surface area contributed by atoms with Crippen LogP contribution in [0.15, 0.2) is 75.2 Å². The molecule has 0 radical (unpaired) electrons. The number of halogens is 1. The molecule has 0 aliphatic carbocycles. The Morgan fingerprint density at radius 2 is 1.93 bits per heavy atom. The lowest BCUT2D eigenvalue weighted by molar-refractivity contribution is 0.460. The van der Waals surface area contributed by atoms with Gasteiger partial charge in [-0.1, -0.05) is 0 Å². The molecule has 28 heavy (non-hydrogen) atoms. The van der Waals surface area contributed by atoms with Crippen LogP contribution >= 0.6 is 27.3 Å². The zero-order valence-corrected chi connectivity index (χ0v) is 17.3. The predicted molar refractivity (Wildman–Crippen MR) is 108 cm³/mol. The van der Waals surface area contributed by atoms with Crippen molar-refractivity contribution >= 4 is 43.0 Å². The molecule has 1 N–H and O–H groups in total. The first kappa shape index (κ1) is 18.6. The predicted octanol–water partition coefficient (Wildman–Crippen LogP) is 4.08. The van der Waals surface area contributed by atoms with Crippen LogP contribution in [0.3, 0.4) is 0 Å². The van der Waals surface area contributed by atoms with Gasteiger partial charge < -0.3 is 4.74 Å². The van der Waals surface area contributed by atoms with Crippen molar-refractivity contribution in [2.75, 3.05) is 4.72 Å². The van der Waals surface area contributed by atoms with Gasteiger partial charge >= 0.3 is 0 Å². The Morgan fingerprint density at radius 1 is 1.11 bits per heavy atom. The number of anilines is 1.